The highest BCUT2D eigenvalue weighted by molar-refractivity contribution is 5.83. The molecule has 21 heavy (non-hydrogen) atoms. The highest BCUT2D eigenvalue weighted by Gasteiger charge is 2.39. The summed E-state index contributed by atoms with van der Waals surface area (Å²) >= 11 is 0. The lowest BCUT2D eigenvalue weighted by molar-refractivity contribution is -0.130. The lowest BCUT2D eigenvalue weighted by atomic mass is 9.76. The number of hydrogen-bond acceptors (Lipinski definition) is 3. The van der Waals surface area contributed by atoms with Crippen LogP contribution in [0.25, 0.3) is 0 Å². The van der Waals surface area contributed by atoms with Gasteiger partial charge in [-0.05, 0) is 30.4 Å². The summed E-state index contributed by atoms with van der Waals surface area (Å²) in [4.78, 5) is 12.5. The Morgan fingerprint density at radius 3 is 3.00 bits per heavy atom. The van der Waals surface area contributed by atoms with Crippen molar-refractivity contribution in [2.24, 2.45) is 5.92 Å². The van der Waals surface area contributed by atoms with Crippen molar-refractivity contribution >= 4 is 5.91 Å². The molecule has 1 aliphatic carbocycles. The molecule has 3 atom stereocenters. The van der Waals surface area contributed by atoms with Crippen LogP contribution in [0.2, 0.25) is 0 Å². The standard InChI is InChI=1S/C17H23NO3/c1-12-5-4-8-17(10-12,11-19)18-16(20)15-9-13-6-2-3-7-14(13)21-15/h2-3,6-7,12,15,19H,4-5,8-11H2,1H3,(H,18,20). The van der Waals surface area contributed by atoms with Gasteiger partial charge in [-0.3, -0.25) is 4.79 Å². The molecule has 1 amide bonds. The zero-order valence-corrected chi connectivity index (χ0v) is 12.5. The number of carbonyl (C=O) groups is 1. The van der Waals surface area contributed by atoms with Gasteiger partial charge in [-0.2, -0.15) is 0 Å². The van der Waals surface area contributed by atoms with E-state index in [0.29, 0.717) is 12.3 Å². The first-order valence-electron chi connectivity index (χ1n) is 7.79. The summed E-state index contributed by atoms with van der Waals surface area (Å²) in [6, 6.07) is 7.76. The second-order valence-electron chi connectivity index (χ2n) is 6.55. The van der Waals surface area contributed by atoms with Crippen LogP contribution in [0.15, 0.2) is 24.3 Å². The molecule has 3 unspecified atom stereocenters. The Labute approximate surface area is 125 Å². The van der Waals surface area contributed by atoms with E-state index in [1.807, 2.05) is 24.3 Å². The number of fused-ring (bicyclic) bond motifs is 1. The van der Waals surface area contributed by atoms with Gasteiger partial charge in [0.1, 0.15) is 5.75 Å². The molecule has 0 bridgehead atoms. The van der Waals surface area contributed by atoms with Crippen LogP contribution in [-0.4, -0.2) is 29.3 Å². The average molecular weight is 289 g/mol. The van der Waals surface area contributed by atoms with Crippen LogP contribution < -0.4 is 10.1 Å². The van der Waals surface area contributed by atoms with Gasteiger partial charge >= 0.3 is 0 Å². The van der Waals surface area contributed by atoms with Crippen LogP contribution in [0.4, 0.5) is 0 Å². The fourth-order valence-electron chi connectivity index (χ4n) is 3.63. The fraction of sp³-hybridized carbons (Fsp3) is 0.588. The Bertz CT molecular complexity index is 506. The maximum Gasteiger partial charge on any atom is 0.261 e. The van der Waals surface area contributed by atoms with Crippen molar-refractivity contribution in [2.75, 3.05) is 6.61 Å². The largest absolute Gasteiger partial charge is 0.480 e. The summed E-state index contributed by atoms with van der Waals surface area (Å²) < 4.78 is 5.73. The number of carbonyl (C=O) groups excluding carboxylic acids is 1. The molecule has 0 spiro atoms. The van der Waals surface area contributed by atoms with Crippen LogP contribution in [0, 0.1) is 5.92 Å². The quantitative estimate of drug-likeness (QED) is 0.895. The number of aliphatic hydroxyl groups is 1. The molecule has 2 aliphatic rings. The summed E-state index contributed by atoms with van der Waals surface area (Å²) in [5, 5.41) is 12.8. The van der Waals surface area contributed by atoms with E-state index in [4.69, 9.17) is 4.74 Å². The van der Waals surface area contributed by atoms with Crippen LogP contribution in [0.1, 0.15) is 38.2 Å². The zero-order chi connectivity index (χ0) is 14.9. The topological polar surface area (TPSA) is 58.6 Å². The first-order valence-corrected chi connectivity index (χ1v) is 7.79. The minimum atomic E-state index is -0.469. The average Bonchev–Trinajstić information content (AvgIpc) is 2.91. The van der Waals surface area contributed by atoms with Crippen LogP contribution >= 0.6 is 0 Å². The number of nitrogens with one attached hydrogen (secondary N) is 1. The van der Waals surface area contributed by atoms with E-state index in [-0.39, 0.29) is 12.5 Å². The van der Waals surface area contributed by atoms with Crippen molar-refractivity contribution in [3.05, 3.63) is 29.8 Å². The van der Waals surface area contributed by atoms with Crippen molar-refractivity contribution < 1.29 is 14.6 Å². The maximum atomic E-state index is 12.5. The highest BCUT2D eigenvalue weighted by atomic mass is 16.5. The lowest BCUT2D eigenvalue weighted by Crippen LogP contribution is -2.56. The van der Waals surface area contributed by atoms with Gasteiger partial charge in [0.25, 0.3) is 5.91 Å². The summed E-state index contributed by atoms with van der Waals surface area (Å²) in [6.07, 6.45) is 4.05. The van der Waals surface area contributed by atoms with Gasteiger partial charge in [0.15, 0.2) is 6.10 Å². The van der Waals surface area contributed by atoms with Gasteiger partial charge in [-0.15, -0.1) is 0 Å². The number of rotatable bonds is 3. The minimum absolute atomic E-state index is 0.00273. The number of ether oxygens (including phenoxy) is 1. The Morgan fingerprint density at radius 2 is 2.29 bits per heavy atom. The Kier molecular flexibility index (Phi) is 3.89. The van der Waals surface area contributed by atoms with E-state index in [9.17, 15) is 9.90 Å². The van der Waals surface area contributed by atoms with Crippen LogP contribution in [0.3, 0.4) is 0 Å². The highest BCUT2D eigenvalue weighted by Crippen LogP contribution is 2.33. The molecule has 0 aromatic heterocycles. The molecule has 0 radical (unpaired) electrons. The minimum Gasteiger partial charge on any atom is -0.480 e. The third-order valence-corrected chi connectivity index (χ3v) is 4.72. The molecular weight excluding hydrogens is 266 g/mol. The van der Waals surface area contributed by atoms with Gasteiger partial charge in [0, 0.05) is 6.42 Å². The lowest BCUT2D eigenvalue weighted by Gasteiger charge is -2.39. The van der Waals surface area contributed by atoms with Crippen molar-refractivity contribution in [1.29, 1.82) is 0 Å². The van der Waals surface area contributed by atoms with Crippen molar-refractivity contribution in [2.45, 2.75) is 50.7 Å². The van der Waals surface area contributed by atoms with Gasteiger partial charge < -0.3 is 15.2 Å². The van der Waals surface area contributed by atoms with Gasteiger partial charge in [0.2, 0.25) is 0 Å². The molecule has 2 N–H and O–H groups in total. The summed E-state index contributed by atoms with van der Waals surface area (Å²) in [5.74, 6) is 1.23. The van der Waals surface area contributed by atoms with E-state index in [1.165, 1.54) is 6.42 Å². The van der Waals surface area contributed by atoms with Gasteiger partial charge in [-0.25, -0.2) is 0 Å². The SMILES string of the molecule is CC1CCCC(CO)(NC(=O)C2Cc3ccccc3O2)C1. The van der Waals surface area contributed by atoms with Crippen molar-refractivity contribution in [3.8, 4) is 5.75 Å². The zero-order valence-electron chi connectivity index (χ0n) is 12.5. The van der Waals surface area contributed by atoms with E-state index >= 15 is 0 Å². The normalized spacial score (nSPS) is 31.3. The monoisotopic (exact) mass is 289 g/mol. The molecule has 4 heteroatoms. The van der Waals surface area contributed by atoms with Gasteiger partial charge in [0.05, 0.1) is 12.1 Å². The van der Waals surface area contributed by atoms with Crippen molar-refractivity contribution in [1.82, 2.24) is 5.32 Å². The summed E-state index contributed by atoms with van der Waals surface area (Å²) in [7, 11) is 0. The second-order valence-corrected chi connectivity index (χ2v) is 6.55. The van der Waals surface area contributed by atoms with Crippen molar-refractivity contribution in [3.63, 3.8) is 0 Å². The number of hydrogen-bond donors (Lipinski definition) is 2. The molecule has 1 aromatic rings. The number of para-hydroxylation sites is 1. The maximum absolute atomic E-state index is 12.5. The fourth-order valence-corrected chi connectivity index (χ4v) is 3.63. The molecule has 1 aliphatic heterocycles. The summed E-state index contributed by atoms with van der Waals surface area (Å²) in [5.41, 5.74) is 0.611. The molecule has 114 valence electrons. The van der Waals surface area contributed by atoms with Crippen LogP contribution in [-0.2, 0) is 11.2 Å². The third kappa shape index (κ3) is 2.91. The predicted molar refractivity (Wildman–Crippen MR) is 80.2 cm³/mol. The van der Waals surface area contributed by atoms with E-state index in [0.717, 1.165) is 30.6 Å². The molecule has 1 heterocycles. The summed E-state index contributed by atoms with van der Waals surface area (Å²) in [6.45, 7) is 2.18. The predicted octanol–water partition coefficient (Wildman–Crippen LogP) is 2.05. The molecule has 0 saturated heterocycles. The number of benzene rings is 1. The molecule has 4 nitrogen and oxygen atoms in total. The first kappa shape index (κ1) is 14.4. The van der Waals surface area contributed by atoms with E-state index in [2.05, 4.69) is 12.2 Å². The Morgan fingerprint density at radius 1 is 1.48 bits per heavy atom. The van der Waals surface area contributed by atoms with E-state index < -0.39 is 11.6 Å². The molecule has 1 saturated carbocycles. The second kappa shape index (κ2) is 5.68. The van der Waals surface area contributed by atoms with Gasteiger partial charge in [-0.1, -0.05) is 38.0 Å². The Hall–Kier alpha value is -1.55. The number of aliphatic hydroxyl groups excluding tert-OH is 1. The molecule has 1 fully saturated rings. The third-order valence-electron chi connectivity index (χ3n) is 4.72. The van der Waals surface area contributed by atoms with Crippen LogP contribution in [0.5, 0.6) is 5.75 Å². The molecular formula is C17H23NO3. The number of amides is 1. The molecule has 3 rings (SSSR count). The Balaban J connectivity index is 1.67. The smallest absolute Gasteiger partial charge is 0.261 e. The first-order chi connectivity index (χ1) is 10.1. The molecule has 1 aromatic carbocycles. The van der Waals surface area contributed by atoms with E-state index in [1.54, 1.807) is 0 Å².